The van der Waals surface area contributed by atoms with Crippen LogP contribution < -0.4 is 14.5 Å². The Bertz CT molecular complexity index is 1180. The van der Waals surface area contributed by atoms with E-state index < -0.39 is 0 Å². The van der Waals surface area contributed by atoms with Crippen LogP contribution >= 0.6 is 0 Å². The van der Waals surface area contributed by atoms with Crippen molar-refractivity contribution in [3.8, 4) is 5.75 Å². The number of imide groups is 1. The van der Waals surface area contributed by atoms with Crippen molar-refractivity contribution in [1.29, 1.82) is 0 Å². The number of anilines is 2. The molecule has 154 valence electrons. The maximum Gasteiger partial charge on any atom is 0.282 e. The Morgan fingerprint density at radius 3 is 2.26 bits per heavy atom. The molecule has 0 fully saturated rings. The number of ether oxygens (including phenoxy) is 1. The average Bonchev–Trinajstić information content (AvgIpc) is 3.09. The van der Waals surface area contributed by atoms with Gasteiger partial charge in [-0.1, -0.05) is 48.5 Å². The van der Waals surface area contributed by atoms with Gasteiger partial charge in [-0.2, -0.15) is 0 Å². The standard InChI is InChI=1S/C26H22N2O3/c1-31-21-15-13-19(14-16-21)23-24(27-17-7-9-18-8-5-6-12-22(18)27)26(30)28(25(23)29)20-10-3-2-4-11-20/h2-6,8,10-16H,7,9,17H2,1H3. The third-order valence-corrected chi connectivity index (χ3v) is 5.83. The summed E-state index contributed by atoms with van der Waals surface area (Å²) in [6.45, 7) is 0.688. The molecule has 5 rings (SSSR count). The number of amides is 2. The molecule has 0 saturated heterocycles. The molecule has 31 heavy (non-hydrogen) atoms. The molecule has 0 atom stereocenters. The number of carbonyl (C=O) groups is 2. The number of methoxy groups -OCH3 is 1. The van der Waals surface area contributed by atoms with E-state index in [0.717, 1.165) is 18.5 Å². The fraction of sp³-hybridized carbons (Fsp3) is 0.154. The van der Waals surface area contributed by atoms with Gasteiger partial charge in [-0.05, 0) is 54.3 Å². The van der Waals surface area contributed by atoms with Crippen LogP contribution in [0.5, 0.6) is 5.75 Å². The predicted octanol–water partition coefficient (Wildman–Crippen LogP) is 4.43. The van der Waals surface area contributed by atoms with Crippen molar-refractivity contribution >= 4 is 28.8 Å². The molecule has 0 spiro atoms. The van der Waals surface area contributed by atoms with Crippen LogP contribution in [-0.2, 0) is 16.0 Å². The minimum absolute atomic E-state index is 0.293. The molecule has 3 aromatic rings. The molecule has 0 unspecified atom stereocenters. The van der Waals surface area contributed by atoms with Gasteiger partial charge in [0.2, 0.25) is 0 Å². The number of fused-ring (bicyclic) bond motifs is 1. The van der Waals surface area contributed by atoms with Gasteiger partial charge in [0.25, 0.3) is 11.8 Å². The average molecular weight is 410 g/mol. The summed E-state index contributed by atoms with van der Waals surface area (Å²) < 4.78 is 5.27. The van der Waals surface area contributed by atoms with Crippen LogP contribution in [0.1, 0.15) is 17.5 Å². The van der Waals surface area contributed by atoms with E-state index in [1.807, 2.05) is 65.6 Å². The third-order valence-electron chi connectivity index (χ3n) is 5.83. The Morgan fingerprint density at radius 2 is 1.52 bits per heavy atom. The van der Waals surface area contributed by atoms with E-state index in [1.54, 1.807) is 19.2 Å². The Balaban J connectivity index is 1.69. The van der Waals surface area contributed by atoms with Crippen molar-refractivity contribution in [2.75, 3.05) is 23.5 Å². The van der Waals surface area contributed by atoms with Crippen molar-refractivity contribution in [3.05, 3.63) is 95.7 Å². The van der Waals surface area contributed by atoms with Crippen LogP contribution in [0.2, 0.25) is 0 Å². The van der Waals surface area contributed by atoms with Crippen molar-refractivity contribution in [2.24, 2.45) is 0 Å². The molecule has 2 heterocycles. The number of carbonyl (C=O) groups excluding carboxylic acids is 2. The molecule has 0 radical (unpaired) electrons. The third kappa shape index (κ3) is 3.19. The van der Waals surface area contributed by atoms with Gasteiger partial charge in [0, 0.05) is 12.2 Å². The maximum absolute atomic E-state index is 13.7. The number of hydrogen-bond acceptors (Lipinski definition) is 4. The quantitative estimate of drug-likeness (QED) is 0.597. The summed E-state index contributed by atoms with van der Waals surface area (Å²) in [7, 11) is 1.60. The molecule has 5 nitrogen and oxygen atoms in total. The topological polar surface area (TPSA) is 49.9 Å². The number of benzene rings is 3. The molecule has 0 bridgehead atoms. The van der Waals surface area contributed by atoms with Gasteiger partial charge >= 0.3 is 0 Å². The largest absolute Gasteiger partial charge is 0.497 e. The minimum atomic E-state index is -0.306. The van der Waals surface area contributed by atoms with E-state index in [1.165, 1.54) is 10.5 Å². The number of para-hydroxylation sites is 2. The van der Waals surface area contributed by atoms with Crippen molar-refractivity contribution in [3.63, 3.8) is 0 Å². The lowest BCUT2D eigenvalue weighted by Gasteiger charge is -2.32. The zero-order chi connectivity index (χ0) is 21.4. The lowest BCUT2D eigenvalue weighted by atomic mass is 9.98. The molecule has 3 aromatic carbocycles. The van der Waals surface area contributed by atoms with E-state index in [4.69, 9.17) is 4.74 Å². The summed E-state index contributed by atoms with van der Waals surface area (Å²) in [5.74, 6) is 0.101. The van der Waals surface area contributed by atoms with Crippen LogP contribution in [0.15, 0.2) is 84.6 Å². The summed E-state index contributed by atoms with van der Waals surface area (Å²) in [5.41, 5.74) is 4.32. The van der Waals surface area contributed by atoms with Crippen molar-refractivity contribution < 1.29 is 14.3 Å². The summed E-state index contributed by atoms with van der Waals surface area (Å²) in [4.78, 5) is 30.6. The van der Waals surface area contributed by atoms with Gasteiger partial charge in [-0.15, -0.1) is 0 Å². The molecule has 0 aromatic heterocycles. The smallest absolute Gasteiger partial charge is 0.282 e. The zero-order valence-electron chi connectivity index (χ0n) is 17.2. The Kier molecular flexibility index (Phi) is 4.79. The highest BCUT2D eigenvalue weighted by Gasteiger charge is 2.43. The van der Waals surface area contributed by atoms with Crippen molar-refractivity contribution in [2.45, 2.75) is 12.8 Å². The number of aryl methyl sites for hydroxylation is 1. The Morgan fingerprint density at radius 1 is 0.806 bits per heavy atom. The number of hydrogen-bond donors (Lipinski definition) is 0. The van der Waals surface area contributed by atoms with Crippen LogP contribution in [0.4, 0.5) is 11.4 Å². The minimum Gasteiger partial charge on any atom is -0.497 e. The van der Waals surface area contributed by atoms with E-state index >= 15 is 0 Å². The van der Waals surface area contributed by atoms with Gasteiger partial charge in [0.1, 0.15) is 11.4 Å². The molecular formula is C26H22N2O3. The first kappa shape index (κ1) is 19.1. The molecule has 2 aliphatic heterocycles. The van der Waals surface area contributed by atoms with Crippen LogP contribution in [-0.4, -0.2) is 25.5 Å². The van der Waals surface area contributed by atoms with Crippen molar-refractivity contribution in [1.82, 2.24) is 0 Å². The molecule has 0 aliphatic carbocycles. The Hall–Kier alpha value is -3.86. The van der Waals surface area contributed by atoms with E-state index in [0.29, 0.717) is 34.8 Å². The van der Waals surface area contributed by atoms with E-state index in [-0.39, 0.29) is 11.8 Å². The van der Waals surface area contributed by atoms with Crippen LogP contribution in [0.3, 0.4) is 0 Å². The second-order valence-corrected chi connectivity index (χ2v) is 7.62. The molecule has 2 aliphatic rings. The van der Waals surface area contributed by atoms with Gasteiger partial charge in [-0.3, -0.25) is 9.59 Å². The Labute approximate surface area is 181 Å². The summed E-state index contributed by atoms with van der Waals surface area (Å²) >= 11 is 0. The molecule has 5 heteroatoms. The second kappa shape index (κ2) is 7.76. The van der Waals surface area contributed by atoms with Crippen LogP contribution in [0, 0.1) is 0 Å². The fourth-order valence-electron chi connectivity index (χ4n) is 4.36. The lowest BCUT2D eigenvalue weighted by molar-refractivity contribution is -0.120. The maximum atomic E-state index is 13.7. The lowest BCUT2D eigenvalue weighted by Crippen LogP contribution is -2.37. The highest BCUT2D eigenvalue weighted by Crippen LogP contribution is 2.39. The second-order valence-electron chi connectivity index (χ2n) is 7.62. The first-order valence-corrected chi connectivity index (χ1v) is 10.4. The summed E-state index contributed by atoms with van der Waals surface area (Å²) in [6.07, 6.45) is 1.88. The van der Waals surface area contributed by atoms with Crippen LogP contribution in [0.25, 0.3) is 5.57 Å². The fourth-order valence-corrected chi connectivity index (χ4v) is 4.36. The van der Waals surface area contributed by atoms with Gasteiger partial charge in [-0.25, -0.2) is 4.90 Å². The van der Waals surface area contributed by atoms with E-state index in [2.05, 4.69) is 6.07 Å². The van der Waals surface area contributed by atoms with E-state index in [9.17, 15) is 9.59 Å². The zero-order valence-corrected chi connectivity index (χ0v) is 17.2. The predicted molar refractivity (Wildman–Crippen MR) is 121 cm³/mol. The first-order chi connectivity index (χ1) is 15.2. The van der Waals surface area contributed by atoms with Gasteiger partial charge < -0.3 is 9.64 Å². The highest BCUT2D eigenvalue weighted by molar-refractivity contribution is 6.46. The molecule has 0 N–H and O–H groups in total. The summed E-state index contributed by atoms with van der Waals surface area (Å²) in [5, 5.41) is 0. The van der Waals surface area contributed by atoms with Gasteiger partial charge in [0.05, 0.1) is 18.4 Å². The van der Waals surface area contributed by atoms with Gasteiger partial charge in [0.15, 0.2) is 0 Å². The molecular weight excluding hydrogens is 388 g/mol. The summed E-state index contributed by atoms with van der Waals surface area (Å²) in [6, 6.07) is 24.5. The number of nitrogens with zero attached hydrogens (tertiary/aromatic N) is 2. The monoisotopic (exact) mass is 410 g/mol. The number of rotatable bonds is 4. The molecule has 2 amide bonds. The SMILES string of the molecule is COc1ccc(C2=C(N3CCCc4ccccc43)C(=O)N(c3ccccc3)C2=O)cc1. The first-order valence-electron chi connectivity index (χ1n) is 10.4. The highest BCUT2D eigenvalue weighted by atomic mass is 16.5. The molecule has 0 saturated carbocycles. The normalized spacial score (nSPS) is 16.0.